The van der Waals surface area contributed by atoms with Crippen molar-refractivity contribution in [2.75, 3.05) is 0 Å². The van der Waals surface area contributed by atoms with E-state index in [4.69, 9.17) is 9.68 Å². The van der Waals surface area contributed by atoms with Gasteiger partial charge in [-0.25, -0.2) is 4.79 Å². The van der Waals surface area contributed by atoms with Crippen molar-refractivity contribution >= 4 is 23.5 Å². The lowest BCUT2D eigenvalue weighted by molar-refractivity contribution is -0.180. The van der Waals surface area contributed by atoms with Gasteiger partial charge in [-0.2, -0.15) is 5.10 Å². The summed E-state index contributed by atoms with van der Waals surface area (Å²) in [5.74, 6) is -2.22. The maximum Gasteiger partial charge on any atom is 0.376 e. The van der Waals surface area contributed by atoms with Gasteiger partial charge in [0.2, 0.25) is 6.10 Å². The Bertz CT molecular complexity index is 942. The number of nitrogens with zero attached hydrogens (tertiary/aromatic N) is 4. The van der Waals surface area contributed by atoms with Crippen LogP contribution in [0.25, 0.3) is 0 Å². The van der Waals surface area contributed by atoms with Crippen LogP contribution >= 0.6 is 0 Å². The minimum atomic E-state index is -1.03. The summed E-state index contributed by atoms with van der Waals surface area (Å²) in [6.07, 6.45) is 0.901. The molecule has 0 saturated heterocycles. The Morgan fingerprint density at radius 3 is 2.42 bits per heavy atom. The number of aryl methyl sites for hydroxylation is 2. The highest BCUT2D eigenvalue weighted by molar-refractivity contribution is 6.21. The van der Waals surface area contributed by atoms with Gasteiger partial charge in [0.15, 0.2) is 0 Å². The molecule has 0 bridgehead atoms. The van der Waals surface area contributed by atoms with E-state index < -0.39 is 23.9 Å². The van der Waals surface area contributed by atoms with Crippen molar-refractivity contribution in [2.24, 2.45) is 12.2 Å². The number of benzene rings is 1. The molecule has 0 N–H and O–H groups in total. The van der Waals surface area contributed by atoms with Crippen molar-refractivity contribution in [3.63, 3.8) is 0 Å². The Morgan fingerprint density at radius 2 is 1.85 bits per heavy atom. The van der Waals surface area contributed by atoms with Crippen molar-refractivity contribution in [3.05, 3.63) is 52.8 Å². The highest BCUT2D eigenvalue weighted by Crippen LogP contribution is 2.25. The molecule has 0 saturated carbocycles. The summed E-state index contributed by atoms with van der Waals surface area (Å²) in [5, 5.41) is 8.59. The second-order valence-electron chi connectivity index (χ2n) is 6.00. The zero-order valence-corrected chi connectivity index (χ0v) is 14.0. The second-order valence-corrected chi connectivity index (χ2v) is 6.00. The van der Waals surface area contributed by atoms with E-state index in [1.807, 2.05) is 6.92 Å². The topological polar surface area (TPSA) is 103 Å². The molecule has 2 aliphatic heterocycles. The minimum absolute atomic E-state index is 0.161. The predicted octanol–water partition coefficient (Wildman–Crippen LogP) is 0.976. The molecule has 1 aromatic heterocycles. The fourth-order valence-electron chi connectivity index (χ4n) is 2.94. The van der Waals surface area contributed by atoms with E-state index in [0.717, 1.165) is 11.3 Å². The number of rotatable bonds is 3. The van der Waals surface area contributed by atoms with Gasteiger partial charge in [-0.3, -0.25) is 14.3 Å². The lowest BCUT2D eigenvalue weighted by Gasteiger charge is -2.14. The standard InChI is InChI=1S/C17H14N4O5/c1-9-12(8-20(2)18-9)13-7-14(25-19-13)17(24)26-21-15(22)10-5-3-4-6-11(10)16(21)23/h3-6,8,14H,7H2,1-2H3. The van der Waals surface area contributed by atoms with Gasteiger partial charge in [-0.05, 0) is 19.1 Å². The molecule has 132 valence electrons. The van der Waals surface area contributed by atoms with E-state index in [9.17, 15) is 14.4 Å². The van der Waals surface area contributed by atoms with Crippen LogP contribution in [0.4, 0.5) is 0 Å². The Balaban J connectivity index is 1.45. The molecule has 0 fully saturated rings. The molecule has 4 rings (SSSR count). The lowest BCUT2D eigenvalue weighted by atomic mass is 10.1. The predicted molar refractivity (Wildman–Crippen MR) is 87.0 cm³/mol. The van der Waals surface area contributed by atoms with Crippen LogP contribution in [0.5, 0.6) is 0 Å². The number of aromatic nitrogens is 2. The number of imide groups is 1. The molecule has 0 aliphatic carbocycles. The minimum Gasteiger partial charge on any atom is -0.380 e. The number of amides is 2. The Kier molecular flexibility index (Phi) is 3.57. The van der Waals surface area contributed by atoms with Crippen LogP contribution in [-0.4, -0.2) is 44.4 Å². The highest BCUT2D eigenvalue weighted by Gasteiger charge is 2.41. The molecule has 3 heterocycles. The van der Waals surface area contributed by atoms with E-state index in [-0.39, 0.29) is 17.5 Å². The zero-order chi connectivity index (χ0) is 18.4. The largest absolute Gasteiger partial charge is 0.380 e. The number of carbonyl (C=O) groups is 3. The summed E-state index contributed by atoms with van der Waals surface area (Å²) in [7, 11) is 1.78. The molecule has 1 unspecified atom stereocenters. The first-order valence-electron chi connectivity index (χ1n) is 7.88. The molecule has 9 nitrogen and oxygen atoms in total. The Labute approximate surface area is 147 Å². The Hall–Kier alpha value is -3.49. The number of carbonyl (C=O) groups excluding carboxylic acids is 3. The van der Waals surface area contributed by atoms with Gasteiger partial charge < -0.3 is 9.68 Å². The monoisotopic (exact) mass is 354 g/mol. The summed E-state index contributed by atoms with van der Waals surface area (Å²) in [5.41, 5.74) is 2.47. The SMILES string of the molecule is Cc1nn(C)cc1C1=NOC(C(=O)ON2C(=O)c3ccccc3C2=O)C1. The van der Waals surface area contributed by atoms with Crippen molar-refractivity contribution in [1.29, 1.82) is 0 Å². The average molecular weight is 354 g/mol. The number of oxime groups is 1. The first-order valence-corrected chi connectivity index (χ1v) is 7.88. The van der Waals surface area contributed by atoms with E-state index in [0.29, 0.717) is 10.8 Å². The molecule has 26 heavy (non-hydrogen) atoms. The Morgan fingerprint density at radius 1 is 1.19 bits per heavy atom. The summed E-state index contributed by atoms with van der Waals surface area (Å²) in [4.78, 5) is 46.9. The van der Waals surface area contributed by atoms with Crippen molar-refractivity contribution in [3.8, 4) is 0 Å². The van der Waals surface area contributed by atoms with Gasteiger partial charge in [0.05, 0.1) is 22.5 Å². The van der Waals surface area contributed by atoms with Crippen molar-refractivity contribution < 1.29 is 24.1 Å². The van der Waals surface area contributed by atoms with Crippen LogP contribution in [0.2, 0.25) is 0 Å². The van der Waals surface area contributed by atoms with Gasteiger partial charge >= 0.3 is 5.97 Å². The summed E-state index contributed by atoms with van der Waals surface area (Å²) in [6, 6.07) is 6.27. The van der Waals surface area contributed by atoms with E-state index >= 15 is 0 Å². The molecule has 2 aliphatic rings. The third kappa shape index (κ3) is 2.44. The van der Waals surface area contributed by atoms with E-state index in [1.165, 1.54) is 12.1 Å². The normalized spacial score (nSPS) is 18.6. The molecular formula is C17H14N4O5. The van der Waals surface area contributed by atoms with E-state index in [2.05, 4.69) is 10.3 Å². The van der Waals surface area contributed by atoms with Crippen LogP contribution in [0, 0.1) is 6.92 Å². The summed E-state index contributed by atoms with van der Waals surface area (Å²) >= 11 is 0. The van der Waals surface area contributed by atoms with Gasteiger partial charge in [-0.1, -0.05) is 22.4 Å². The van der Waals surface area contributed by atoms with Crippen molar-refractivity contribution in [1.82, 2.24) is 14.8 Å². The van der Waals surface area contributed by atoms with Gasteiger partial charge in [0, 0.05) is 25.2 Å². The fraction of sp³-hybridized carbons (Fsp3) is 0.235. The smallest absolute Gasteiger partial charge is 0.376 e. The van der Waals surface area contributed by atoms with Gasteiger partial charge in [-0.15, -0.1) is 0 Å². The lowest BCUT2D eigenvalue weighted by Crippen LogP contribution is -2.37. The molecule has 2 aromatic rings. The average Bonchev–Trinajstić information content (AvgIpc) is 3.29. The summed E-state index contributed by atoms with van der Waals surface area (Å²) < 4.78 is 1.64. The number of hydrogen-bond acceptors (Lipinski definition) is 7. The fourth-order valence-corrected chi connectivity index (χ4v) is 2.94. The van der Waals surface area contributed by atoms with Gasteiger partial charge in [0.1, 0.15) is 0 Å². The zero-order valence-electron chi connectivity index (χ0n) is 14.0. The summed E-state index contributed by atoms with van der Waals surface area (Å²) in [6.45, 7) is 1.82. The quantitative estimate of drug-likeness (QED) is 0.761. The first-order chi connectivity index (χ1) is 12.5. The second kappa shape index (κ2) is 5.80. The maximum absolute atomic E-state index is 12.3. The number of hydroxylamine groups is 2. The van der Waals surface area contributed by atoms with Crippen LogP contribution in [0.15, 0.2) is 35.6 Å². The molecule has 0 spiro atoms. The molecule has 1 aromatic carbocycles. The number of hydrogen-bond donors (Lipinski definition) is 0. The molecule has 0 radical (unpaired) electrons. The van der Waals surface area contributed by atoms with Crippen molar-refractivity contribution in [2.45, 2.75) is 19.4 Å². The molecular weight excluding hydrogens is 340 g/mol. The molecule has 1 atom stereocenters. The third-order valence-electron chi connectivity index (χ3n) is 4.19. The third-order valence-corrected chi connectivity index (χ3v) is 4.19. The molecule has 9 heteroatoms. The van der Waals surface area contributed by atoms with Crippen LogP contribution < -0.4 is 0 Å². The number of fused-ring (bicyclic) bond motifs is 1. The van der Waals surface area contributed by atoms with E-state index in [1.54, 1.807) is 30.1 Å². The first kappa shape index (κ1) is 16.0. The van der Waals surface area contributed by atoms with Gasteiger partial charge in [0.25, 0.3) is 11.8 Å². The molecule has 2 amide bonds. The van der Waals surface area contributed by atoms with Crippen LogP contribution in [0.1, 0.15) is 38.4 Å². The van der Waals surface area contributed by atoms with Crippen LogP contribution in [0.3, 0.4) is 0 Å². The highest BCUT2D eigenvalue weighted by atomic mass is 16.7. The maximum atomic E-state index is 12.3. The van der Waals surface area contributed by atoms with Crippen LogP contribution in [-0.2, 0) is 21.5 Å².